The Balaban J connectivity index is 1.42. The van der Waals surface area contributed by atoms with Crippen LogP contribution in [-0.2, 0) is 0 Å². The molecule has 0 N–H and O–H groups in total. The standard InChI is InChI=1S/C43H28N4/c1-29-27-41(47(34-11-7-4-8-12-34)36-21-17-32(45-2)18-22-36)39-23-15-31-16-26-40(38-25-24-37(29)43(39)42(31)38)46(33-9-5-3-6-10-33)35-19-13-30(28-44)14-20-35/h3-27H,1H3. The van der Waals surface area contributed by atoms with Crippen molar-refractivity contribution in [3.8, 4) is 6.07 Å². The Morgan fingerprint density at radius 3 is 1.66 bits per heavy atom. The summed E-state index contributed by atoms with van der Waals surface area (Å²) in [5.41, 5.74) is 8.67. The van der Waals surface area contributed by atoms with Crippen molar-refractivity contribution in [2.45, 2.75) is 6.92 Å². The third kappa shape index (κ3) is 4.68. The van der Waals surface area contributed by atoms with E-state index in [2.05, 4.69) is 119 Å². The van der Waals surface area contributed by atoms with Crippen LogP contribution < -0.4 is 9.80 Å². The van der Waals surface area contributed by atoms with Gasteiger partial charge in [-0.25, -0.2) is 4.85 Å². The van der Waals surface area contributed by atoms with Crippen LogP contribution in [0.4, 0.5) is 39.8 Å². The van der Waals surface area contributed by atoms with Crippen LogP contribution in [0.5, 0.6) is 0 Å². The lowest BCUT2D eigenvalue weighted by Gasteiger charge is -2.30. The second-order valence-electron chi connectivity index (χ2n) is 11.7. The van der Waals surface area contributed by atoms with Crippen LogP contribution in [0.2, 0.25) is 0 Å². The molecule has 0 fully saturated rings. The average Bonchev–Trinajstić information content (AvgIpc) is 3.13. The second kappa shape index (κ2) is 11.4. The van der Waals surface area contributed by atoms with Gasteiger partial charge < -0.3 is 9.80 Å². The van der Waals surface area contributed by atoms with E-state index in [9.17, 15) is 5.26 Å². The number of para-hydroxylation sites is 2. The molecule has 0 heterocycles. The van der Waals surface area contributed by atoms with Gasteiger partial charge in [-0.05, 0) is 107 Å². The highest BCUT2D eigenvalue weighted by molar-refractivity contribution is 6.28. The summed E-state index contributed by atoms with van der Waals surface area (Å²) in [5, 5.41) is 16.6. The van der Waals surface area contributed by atoms with Crippen LogP contribution in [0.25, 0.3) is 37.2 Å². The maximum absolute atomic E-state index is 9.47. The number of nitriles is 1. The number of aryl methyl sites for hydroxylation is 1. The van der Waals surface area contributed by atoms with E-state index < -0.39 is 0 Å². The van der Waals surface area contributed by atoms with Gasteiger partial charge in [-0.3, -0.25) is 0 Å². The van der Waals surface area contributed by atoms with E-state index in [0.29, 0.717) is 11.3 Å². The summed E-state index contributed by atoms with van der Waals surface area (Å²) >= 11 is 0. The molecule has 8 aromatic carbocycles. The molecule has 0 saturated heterocycles. The Morgan fingerprint density at radius 2 is 1.04 bits per heavy atom. The first-order valence-electron chi connectivity index (χ1n) is 15.5. The molecule has 4 nitrogen and oxygen atoms in total. The third-order valence-electron chi connectivity index (χ3n) is 8.95. The smallest absolute Gasteiger partial charge is 0.187 e. The molecule has 0 bridgehead atoms. The quantitative estimate of drug-likeness (QED) is 0.141. The van der Waals surface area contributed by atoms with Gasteiger partial charge in [0, 0.05) is 33.5 Å². The summed E-state index contributed by atoms with van der Waals surface area (Å²) in [7, 11) is 0. The molecule has 0 aliphatic rings. The topological polar surface area (TPSA) is 34.6 Å². The van der Waals surface area contributed by atoms with Gasteiger partial charge >= 0.3 is 0 Å². The minimum atomic E-state index is 0.617. The molecule has 0 aromatic heterocycles. The van der Waals surface area contributed by atoms with Gasteiger partial charge in [-0.2, -0.15) is 5.26 Å². The second-order valence-corrected chi connectivity index (χ2v) is 11.7. The summed E-state index contributed by atoms with van der Waals surface area (Å²) in [6.45, 7) is 9.67. The van der Waals surface area contributed by atoms with Crippen LogP contribution in [0.3, 0.4) is 0 Å². The predicted molar refractivity (Wildman–Crippen MR) is 195 cm³/mol. The Hall–Kier alpha value is -6.62. The zero-order valence-corrected chi connectivity index (χ0v) is 25.7. The fourth-order valence-corrected chi connectivity index (χ4v) is 6.79. The highest BCUT2D eigenvalue weighted by Gasteiger charge is 2.22. The van der Waals surface area contributed by atoms with Crippen molar-refractivity contribution in [1.29, 1.82) is 5.26 Å². The number of rotatable bonds is 6. The van der Waals surface area contributed by atoms with Gasteiger partial charge in [0.05, 0.1) is 29.6 Å². The fourth-order valence-electron chi connectivity index (χ4n) is 6.79. The van der Waals surface area contributed by atoms with Crippen molar-refractivity contribution < 1.29 is 0 Å². The highest BCUT2D eigenvalue weighted by atomic mass is 15.1. The van der Waals surface area contributed by atoms with Crippen molar-refractivity contribution >= 4 is 72.1 Å². The molecule has 0 unspecified atom stereocenters. The lowest BCUT2D eigenvalue weighted by atomic mass is 9.89. The molecule has 4 heteroatoms. The minimum Gasteiger partial charge on any atom is -0.310 e. The van der Waals surface area contributed by atoms with Gasteiger partial charge in [0.1, 0.15) is 0 Å². The van der Waals surface area contributed by atoms with Crippen molar-refractivity contribution in [2.24, 2.45) is 0 Å². The molecule has 0 atom stereocenters. The lowest BCUT2D eigenvalue weighted by Crippen LogP contribution is -2.11. The molecule has 220 valence electrons. The van der Waals surface area contributed by atoms with Crippen LogP contribution in [0, 0.1) is 24.8 Å². The normalized spacial score (nSPS) is 11.0. The van der Waals surface area contributed by atoms with E-state index in [4.69, 9.17) is 6.57 Å². The fraction of sp³-hybridized carbons (Fsp3) is 0.0233. The SMILES string of the molecule is [C-]#[N+]c1ccc(N(c2ccccc2)c2cc(C)c3ccc4c(N(c5ccccc5)c5ccc(C#N)cc5)ccc5ccc2c3c54)cc1. The van der Waals surface area contributed by atoms with Crippen LogP contribution >= 0.6 is 0 Å². The van der Waals surface area contributed by atoms with E-state index in [-0.39, 0.29) is 0 Å². The minimum absolute atomic E-state index is 0.617. The summed E-state index contributed by atoms with van der Waals surface area (Å²) in [6, 6.07) is 54.3. The highest BCUT2D eigenvalue weighted by Crippen LogP contribution is 2.48. The summed E-state index contributed by atoms with van der Waals surface area (Å²) in [5.74, 6) is 0. The molecule has 0 radical (unpaired) electrons. The number of anilines is 6. The van der Waals surface area contributed by atoms with Crippen LogP contribution in [0.15, 0.2) is 152 Å². The molecule has 0 aliphatic heterocycles. The zero-order valence-electron chi connectivity index (χ0n) is 25.7. The molecule has 47 heavy (non-hydrogen) atoms. The first-order valence-corrected chi connectivity index (χ1v) is 15.5. The van der Waals surface area contributed by atoms with Gasteiger partial charge in [-0.1, -0.05) is 78.9 Å². The first-order chi connectivity index (χ1) is 23.1. The molecule has 0 saturated carbocycles. The van der Waals surface area contributed by atoms with Crippen molar-refractivity contribution in [3.63, 3.8) is 0 Å². The largest absolute Gasteiger partial charge is 0.310 e. The van der Waals surface area contributed by atoms with Crippen molar-refractivity contribution in [2.75, 3.05) is 9.80 Å². The molecular formula is C43H28N4. The Bertz CT molecular complexity index is 2470. The molecule has 0 aliphatic carbocycles. The van der Waals surface area contributed by atoms with Gasteiger partial charge in [-0.15, -0.1) is 0 Å². The molecule has 0 amide bonds. The number of benzene rings is 8. The molecule has 8 rings (SSSR count). The number of hydrogen-bond donors (Lipinski definition) is 0. The average molecular weight is 601 g/mol. The van der Waals surface area contributed by atoms with Gasteiger partial charge in [0.15, 0.2) is 5.69 Å². The van der Waals surface area contributed by atoms with Crippen molar-refractivity contribution in [3.05, 3.63) is 174 Å². The number of nitrogens with zero attached hydrogens (tertiary/aromatic N) is 4. The van der Waals surface area contributed by atoms with E-state index >= 15 is 0 Å². The van der Waals surface area contributed by atoms with Crippen LogP contribution in [0.1, 0.15) is 11.1 Å². The van der Waals surface area contributed by atoms with Crippen molar-refractivity contribution in [1.82, 2.24) is 0 Å². The summed E-state index contributed by atoms with van der Waals surface area (Å²) in [4.78, 5) is 8.19. The molecule has 8 aromatic rings. The Morgan fingerprint density at radius 1 is 0.532 bits per heavy atom. The Labute approximate surface area is 273 Å². The van der Waals surface area contributed by atoms with E-state index in [1.54, 1.807) is 0 Å². The third-order valence-corrected chi connectivity index (χ3v) is 8.95. The summed E-state index contributed by atoms with van der Waals surface area (Å²) < 4.78 is 0. The van der Waals surface area contributed by atoms with Gasteiger partial charge in [0.25, 0.3) is 0 Å². The summed E-state index contributed by atoms with van der Waals surface area (Å²) in [6.07, 6.45) is 0. The van der Waals surface area contributed by atoms with E-state index in [1.807, 2.05) is 60.7 Å². The van der Waals surface area contributed by atoms with Gasteiger partial charge in [0.2, 0.25) is 0 Å². The van der Waals surface area contributed by atoms with E-state index in [1.165, 1.54) is 27.1 Å². The maximum Gasteiger partial charge on any atom is 0.187 e. The molecular weight excluding hydrogens is 573 g/mol. The number of hydrogen-bond acceptors (Lipinski definition) is 3. The first kappa shape index (κ1) is 27.9. The lowest BCUT2D eigenvalue weighted by molar-refractivity contribution is 1.29. The molecule has 0 spiro atoms. The predicted octanol–water partition coefficient (Wildman–Crippen LogP) is 12.3. The maximum atomic E-state index is 9.47. The Kier molecular flexibility index (Phi) is 6.76. The van der Waals surface area contributed by atoms with E-state index in [0.717, 1.165) is 44.9 Å². The van der Waals surface area contributed by atoms with Crippen LogP contribution in [-0.4, -0.2) is 0 Å². The zero-order chi connectivity index (χ0) is 31.9. The monoisotopic (exact) mass is 600 g/mol.